The molecular weight excluding hydrogens is 228 g/mol. The van der Waals surface area contributed by atoms with E-state index in [4.69, 9.17) is 4.74 Å². The molecule has 104 valence electrons. The van der Waals surface area contributed by atoms with Gasteiger partial charge >= 0.3 is 0 Å². The highest BCUT2D eigenvalue weighted by atomic mass is 16.5. The van der Waals surface area contributed by atoms with Gasteiger partial charge in [0.25, 0.3) is 0 Å². The van der Waals surface area contributed by atoms with Gasteiger partial charge in [0.05, 0.1) is 12.6 Å². The molecule has 18 heavy (non-hydrogen) atoms. The van der Waals surface area contributed by atoms with Gasteiger partial charge in [0.15, 0.2) is 0 Å². The Morgan fingerprint density at radius 2 is 2.17 bits per heavy atom. The molecule has 2 fully saturated rings. The minimum Gasteiger partial charge on any atom is -0.381 e. The van der Waals surface area contributed by atoms with Crippen molar-refractivity contribution in [1.29, 1.82) is 0 Å². The van der Waals surface area contributed by atoms with Crippen LogP contribution in [0.5, 0.6) is 0 Å². The zero-order valence-electron chi connectivity index (χ0n) is 11.8. The number of rotatable bonds is 3. The standard InChI is InChI=1S/C14H26N2O2/c1-10(2)15-12-5-4-7-16(14(12)17)13-6-8-18-9-11(13)3/h10-13,15H,4-9H2,1-3H3. The minimum atomic E-state index is 0.0220. The molecule has 2 aliphatic rings. The summed E-state index contributed by atoms with van der Waals surface area (Å²) in [7, 11) is 0. The third kappa shape index (κ3) is 3.04. The lowest BCUT2D eigenvalue weighted by molar-refractivity contribution is -0.142. The van der Waals surface area contributed by atoms with E-state index in [-0.39, 0.29) is 6.04 Å². The summed E-state index contributed by atoms with van der Waals surface area (Å²) < 4.78 is 5.48. The van der Waals surface area contributed by atoms with Gasteiger partial charge in [-0.15, -0.1) is 0 Å². The number of carbonyl (C=O) groups is 1. The lowest BCUT2D eigenvalue weighted by Crippen LogP contribution is -2.58. The van der Waals surface area contributed by atoms with Crippen LogP contribution in [0.15, 0.2) is 0 Å². The third-order valence-corrected chi connectivity index (χ3v) is 4.00. The Kier molecular flexibility index (Phi) is 4.62. The first kappa shape index (κ1) is 13.8. The van der Waals surface area contributed by atoms with Crippen molar-refractivity contribution in [3.05, 3.63) is 0 Å². The number of nitrogens with zero attached hydrogens (tertiary/aromatic N) is 1. The van der Waals surface area contributed by atoms with E-state index in [1.54, 1.807) is 0 Å². The van der Waals surface area contributed by atoms with Gasteiger partial charge in [0, 0.05) is 25.2 Å². The number of nitrogens with one attached hydrogen (secondary N) is 1. The number of likely N-dealkylation sites (tertiary alicyclic amines) is 1. The second-order valence-corrected chi connectivity index (χ2v) is 5.96. The van der Waals surface area contributed by atoms with Crippen molar-refractivity contribution in [2.75, 3.05) is 19.8 Å². The number of carbonyl (C=O) groups excluding carboxylic acids is 1. The molecule has 0 radical (unpaired) electrons. The van der Waals surface area contributed by atoms with Gasteiger partial charge in [-0.3, -0.25) is 4.79 Å². The smallest absolute Gasteiger partial charge is 0.239 e. The molecule has 2 rings (SSSR count). The molecule has 0 bridgehead atoms. The van der Waals surface area contributed by atoms with E-state index in [0.29, 0.717) is 23.9 Å². The van der Waals surface area contributed by atoms with Crippen LogP contribution in [0.1, 0.15) is 40.0 Å². The van der Waals surface area contributed by atoms with Crippen LogP contribution in [0.3, 0.4) is 0 Å². The molecular formula is C14H26N2O2. The number of ether oxygens (including phenoxy) is 1. The highest BCUT2D eigenvalue weighted by Crippen LogP contribution is 2.24. The monoisotopic (exact) mass is 254 g/mol. The van der Waals surface area contributed by atoms with Crippen LogP contribution in [0.25, 0.3) is 0 Å². The predicted molar refractivity (Wildman–Crippen MR) is 71.4 cm³/mol. The van der Waals surface area contributed by atoms with Crippen LogP contribution in [0, 0.1) is 5.92 Å². The second kappa shape index (κ2) is 6.02. The zero-order chi connectivity index (χ0) is 13.1. The molecule has 3 atom stereocenters. The largest absolute Gasteiger partial charge is 0.381 e. The summed E-state index contributed by atoms with van der Waals surface area (Å²) in [5, 5.41) is 3.39. The number of amides is 1. The van der Waals surface area contributed by atoms with Crippen LogP contribution < -0.4 is 5.32 Å². The minimum absolute atomic E-state index is 0.0220. The van der Waals surface area contributed by atoms with Crippen LogP contribution in [0.2, 0.25) is 0 Å². The average Bonchev–Trinajstić information content (AvgIpc) is 2.32. The van der Waals surface area contributed by atoms with Gasteiger partial charge in [-0.25, -0.2) is 0 Å². The van der Waals surface area contributed by atoms with E-state index in [1.807, 2.05) is 0 Å². The fourth-order valence-corrected chi connectivity index (χ4v) is 3.12. The molecule has 0 saturated carbocycles. The fraction of sp³-hybridized carbons (Fsp3) is 0.929. The van der Waals surface area contributed by atoms with Crippen molar-refractivity contribution in [2.45, 2.75) is 58.2 Å². The van der Waals surface area contributed by atoms with E-state index in [9.17, 15) is 4.79 Å². The molecule has 4 nitrogen and oxygen atoms in total. The van der Waals surface area contributed by atoms with Crippen molar-refractivity contribution < 1.29 is 9.53 Å². The normalized spacial score (nSPS) is 34.1. The molecule has 0 aromatic carbocycles. The molecule has 0 aromatic rings. The number of hydrogen-bond acceptors (Lipinski definition) is 3. The van der Waals surface area contributed by atoms with Gasteiger partial charge in [-0.05, 0) is 25.2 Å². The first-order valence-corrected chi connectivity index (χ1v) is 7.24. The Hall–Kier alpha value is -0.610. The lowest BCUT2D eigenvalue weighted by atomic mass is 9.92. The summed E-state index contributed by atoms with van der Waals surface area (Å²) in [6.45, 7) is 8.89. The van der Waals surface area contributed by atoms with Gasteiger partial charge in [-0.2, -0.15) is 0 Å². The highest BCUT2D eigenvalue weighted by molar-refractivity contribution is 5.83. The van der Waals surface area contributed by atoms with E-state index in [2.05, 4.69) is 31.0 Å². The SMILES string of the molecule is CC(C)NC1CCCN(C2CCOCC2C)C1=O. The molecule has 2 heterocycles. The van der Waals surface area contributed by atoms with E-state index in [1.165, 1.54) is 0 Å². The van der Waals surface area contributed by atoms with Crippen LogP contribution in [0.4, 0.5) is 0 Å². The third-order valence-electron chi connectivity index (χ3n) is 4.00. The van der Waals surface area contributed by atoms with Crippen molar-refractivity contribution >= 4 is 5.91 Å². The molecule has 0 aromatic heterocycles. The van der Waals surface area contributed by atoms with Crippen molar-refractivity contribution in [3.8, 4) is 0 Å². The van der Waals surface area contributed by atoms with E-state index in [0.717, 1.165) is 39.0 Å². The number of piperidine rings is 1. The lowest BCUT2D eigenvalue weighted by Gasteiger charge is -2.43. The van der Waals surface area contributed by atoms with E-state index < -0.39 is 0 Å². The predicted octanol–water partition coefficient (Wildman–Crippen LogP) is 1.40. The van der Waals surface area contributed by atoms with Gasteiger partial charge < -0.3 is 15.0 Å². The summed E-state index contributed by atoms with van der Waals surface area (Å²) in [6, 6.07) is 0.766. The van der Waals surface area contributed by atoms with Gasteiger partial charge in [-0.1, -0.05) is 20.8 Å². The summed E-state index contributed by atoms with van der Waals surface area (Å²) in [5.74, 6) is 0.759. The molecule has 4 heteroatoms. The number of hydrogen-bond donors (Lipinski definition) is 1. The molecule has 2 aliphatic heterocycles. The van der Waals surface area contributed by atoms with E-state index >= 15 is 0 Å². The van der Waals surface area contributed by atoms with Gasteiger partial charge in [0.2, 0.25) is 5.91 Å². The summed E-state index contributed by atoms with van der Waals surface area (Å²) in [6.07, 6.45) is 3.08. The van der Waals surface area contributed by atoms with Crippen molar-refractivity contribution in [1.82, 2.24) is 10.2 Å². The van der Waals surface area contributed by atoms with Crippen LogP contribution in [-0.2, 0) is 9.53 Å². The molecule has 1 N–H and O–H groups in total. The molecule has 0 aliphatic carbocycles. The van der Waals surface area contributed by atoms with Crippen LogP contribution in [-0.4, -0.2) is 48.7 Å². The highest BCUT2D eigenvalue weighted by Gasteiger charge is 2.36. The quantitative estimate of drug-likeness (QED) is 0.828. The Labute approximate surface area is 110 Å². The Balaban J connectivity index is 2.01. The Bertz CT molecular complexity index is 294. The first-order valence-electron chi connectivity index (χ1n) is 7.24. The topological polar surface area (TPSA) is 41.6 Å². The summed E-state index contributed by atoms with van der Waals surface area (Å²) in [5.41, 5.74) is 0. The fourth-order valence-electron chi connectivity index (χ4n) is 3.12. The van der Waals surface area contributed by atoms with Crippen LogP contribution >= 0.6 is 0 Å². The maximum atomic E-state index is 12.5. The average molecular weight is 254 g/mol. The van der Waals surface area contributed by atoms with Crippen molar-refractivity contribution in [2.24, 2.45) is 5.92 Å². The molecule has 2 saturated heterocycles. The summed E-state index contributed by atoms with van der Waals surface area (Å²) >= 11 is 0. The molecule has 3 unspecified atom stereocenters. The maximum Gasteiger partial charge on any atom is 0.239 e. The Morgan fingerprint density at radius 1 is 1.39 bits per heavy atom. The molecule has 0 spiro atoms. The summed E-state index contributed by atoms with van der Waals surface area (Å²) in [4.78, 5) is 14.6. The Morgan fingerprint density at radius 3 is 2.83 bits per heavy atom. The second-order valence-electron chi connectivity index (χ2n) is 5.96. The maximum absolute atomic E-state index is 12.5. The van der Waals surface area contributed by atoms with Gasteiger partial charge in [0.1, 0.15) is 0 Å². The molecule has 1 amide bonds. The zero-order valence-corrected chi connectivity index (χ0v) is 11.8. The first-order chi connectivity index (χ1) is 8.59. The van der Waals surface area contributed by atoms with Crippen molar-refractivity contribution in [3.63, 3.8) is 0 Å².